The highest BCUT2D eigenvalue weighted by Crippen LogP contribution is 2.58. The molecule has 5 unspecified atom stereocenters. The van der Waals surface area contributed by atoms with Gasteiger partial charge in [0, 0.05) is 0 Å². The summed E-state index contributed by atoms with van der Waals surface area (Å²) in [5, 5.41) is 0. The van der Waals surface area contributed by atoms with Crippen molar-refractivity contribution in [1.29, 1.82) is 0 Å². The molecule has 3 fully saturated rings. The normalized spacial score (nSPS) is 38.7. The van der Waals surface area contributed by atoms with Crippen molar-refractivity contribution in [2.24, 2.45) is 35.5 Å². The molecule has 0 aromatic rings. The average molecular weight is 305 g/mol. The van der Waals surface area contributed by atoms with Crippen LogP contribution in [0.3, 0.4) is 0 Å². The summed E-state index contributed by atoms with van der Waals surface area (Å²) in [5.41, 5.74) is 0. The van der Waals surface area contributed by atoms with Crippen molar-refractivity contribution < 1.29 is 0 Å². The van der Waals surface area contributed by atoms with E-state index in [4.69, 9.17) is 0 Å². The Balaban J connectivity index is 1.38. The monoisotopic (exact) mass is 304 g/mol. The van der Waals surface area contributed by atoms with Crippen LogP contribution < -0.4 is 0 Å². The van der Waals surface area contributed by atoms with E-state index in [9.17, 15) is 0 Å². The highest BCUT2D eigenvalue weighted by atomic mass is 14.6. The van der Waals surface area contributed by atoms with Gasteiger partial charge in [0.05, 0.1) is 0 Å². The van der Waals surface area contributed by atoms with Gasteiger partial charge in [-0.05, 0) is 54.8 Å². The first kappa shape index (κ1) is 16.8. The predicted octanol–water partition coefficient (Wildman–Crippen LogP) is 7.23. The molecular formula is C22H40. The Kier molecular flexibility index (Phi) is 6.28. The van der Waals surface area contributed by atoms with Gasteiger partial charge in [0.25, 0.3) is 0 Å². The van der Waals surface area contributed by atoms with Gasteiger partial charge in [-0.15, -0.1) is 0 Å². The van der Waals surface area contributed by atoms with Crippen LogP contribution in [0.2, 0.25) is 0 Å². The maximum atomic E-state index is 2.57. The molecule has 0 nitrogen and oxygen atoms in total. The van der Waals surface area contributed by atoms with E-state index in [0.29, 0.717) is 0 Å². The lowest BCUT2D eigenvalue weighted by Crippen LogP contribution is -2.48. The van der Waals surface area contributed by atoms with Crippen LogP contribution in [-0.2, 0) is 0 Å². The molecule has 0 bridgehead atoms. The summed E-state index contributed by atoms with van der Waals surface area (Å²) in [4.78, 5) is 0. The second kappa shape index (κ2) is 8.20. The van der Waals surface area contributed by atoms with E-state index in [1.807, 2.05) is 0 Å². The molecule has 3 rings (SSSR count). The van der Waals surface area contributed by atoms with Crippen molar-refractivity contribution in [2.45, 2.75) is 104 Å². The molecule has 0 aromatic heterocycles. The third kappa shape index (κ3) is 3.73. The molecule has 5 atom stereocenters. The van der Waals surface area contributed by atoms with E-state index in [-0.39, 0.29) is 0 Å². The van der Waals surface area contributed by atoms with Crippen molar-refractivity contribution >= 4 is 0 Å². The van der Waals surface area contributed by atoms with Crippen LogP contribution in [0.25, 0.3) is 0 Å². The molecule has 0 N–H and O–H groups in total. The second-order valence-corrected chi connectivity index (χ2v) is 9.06. The maximum Gasteiger partial charge on any atom is -0.0326 e. The van der Waals surface area contributed by atoms with E-state index in [1.54, 1.807) is 38.5 Å². The molecule has 0 spiro atoms. The first-order valence-corrected chi connectivity index (χ1v) is 10.8. The van der Waals surface area contributed by atoms with Gasteiger partial charge < -0.3 is 0 Å². The average Bonchev–Trinajstić information content (AvgIpc) is 3.01. The SMILES string of the molecule is CCCCCCCCC1CCC1C1C(C)CC1C1CCCC1. The molecule has 0 saturated heterocycles. The molecule has 0 aliphatic heterocycles. The van der Waals surface area contributed by atoms with Crippen molar-refractivity contribution in [3.63, 3.8) is 0 Å². The number of hydrogen-bond donors (Lipinski definition) is 0. The van der Waals surface area contributed by atoms with Gasteiger partial charge in [-0.3, -0.25) is 0 Å². The van der Waals surface area contributed by atoms with Crippen molar-refractivity contribution in [3.8, 4) is 0 Å². The quantitative estimate of drug-likeness (QED) is 0.394. The molecule has 0 radical (unpaired) electrons. The first-order valence-electron chi connectivity index (χ1n) is 10.8. The van der Waals surface area contributed by atoms with Crippen molar-refractivity contribution in [2.75, 3.05) is 0 Å². The standard InChI is InChI=1S/C22H40/c1-3-4-5-6-7-8-11-19-14-15-20(19)22-17(2)16-21(22)18-12-9-10-13-18/h17-22H,3-16H2,1-2H3. The van der Waals surface area contributed by atoms with E-state index in [1.165, 1.54) is 51.4 Å². The molecule has 0 heterocycles. The highest BCUT2D eigenvalue weighted by Gasteiger charge is 2.50. The smallest absolute Gasteiger partial charge is 0.0326 e. The Bertz CT molecular complexity index is 314. The van der Waals surface area contributed by atoms with Gasteiger partial charge in [0.15, 0.2) is 0 Å². The van der Waals surface area contributed by atoms with E-state index >= 15 is 0 Å². The molecular weight excluding hydrogens is 264 g/mol. The van der Waals surface area contributed by atoms with Crippen LogP contribution in [0.5, 0.6) is 0 Å². The molecule has 3 aliphatic carbocycles. The fraction of sp³-hybridized carbons (Fsp3) is 1.00. The largest absolute Gasteiger partial charge is 0.0654 e. The number of unbranched alkanes of at least 4 members (excludes halogenated alkanes) is 5. The minimum absolute atomic E-state index is 1.06. The molecule has 0 amide bonds. The third-order valence-electron chi connectivity index (χ3n) is 7.70. The zero-order valence-electron chi connectivity index (χ0n) is 15.4. The van der Waals surface area contributed by atoms with Gasteiger partial charge in [-0.1, -0.05) is 84.5 Å². The van der Waals surface area contributed by atoms with Gasteiger partial charge in [-0.25, -0.2) is 0 Å². The van der Waals surface area contributed by atoms with Crippen LogP contribution in [-0.4, -0.2) is 0 Å². The fourth-order valence-corrected chi connectivity index (χ4v) is 6.25. The lowest BCUT2D eigenvalue weighted by atomic mass is 9.49. The lowest BCUT2D eigenvalue weighted by molar-refractivity contribution is -0.0685. The summed E-state index contributed by atoms with van der Waals surface area (Å²) in [6.07, 6.45) is 21.4. The van der Waals surface area contributed by atoms with Crippen molar-refractivity contribution in [1.82, 2.24) is 0 Å². The van der Waals surface area contributed by atoms with Crippen LogP contribution in [0.15, 0.2) is 0 Å². The summed E-state index contributed by atoms with van der Waals surface area (Å²) in [6, 6.07) is 0. The zero-order valence-corrected chi connectivity index (χ0v) is 15.4. The maximum absolute atomic E-state index is 2.57. The highest BCUT2D eigenvalue weighted by molar-refractivity contribution is 4.99. The summed E-state index contributed by atoms with van der Waals surface area (Å²) < 4.78 is 0. The lowest BCUT2D eigenvalue weighted by Gasteiger charge is -2.56. The van der Waals surface area contributed by atoms with Crippen LogP contribution >= 0.6 is 0 Å². The molecule has 22 heavy (non-hydrogen) atoms. The fourth-order valence-electron chi connectivity index (χ4n) is 6.25. The molecule has 3 saturated carbocycles. The minimum atomic E-state index is 1.06. The third-order valence-corrected chi connectivity index (χ3v) is 7.70. The minimum Gasteiger partial charge on any atom is -0.0654 e. The Morgan fingerprint density at radius 2 is 1.50 bits per heavy atom. The summed E-state index contributed by atoms with van der Waals surface area (Å²) >= 11 is 0. The Morgan fingerprint density at radius 3 is 2.14 bits per heavy atom. The predicted molar refractivity (Wildman–Crippen MR) is 96.9 cm³/mol. The van der Waals surface area contributed by atoms with Gasteiger partial charge in [0.2, 0.25) is 0 Å². The van der Waals surface area contributed by atoms with E-state index in [2.05, 4.69) is 13.8 Å². The van der Waals surface area contributed by atoms with Crippen LogP contribution in [0.4, 0.5) is 0 Å². The molecule has 0 heteroatoms. The topological polar surface area (TPSA) is 0 Å². The van der Waals surface area contributed by atoms with Gasteiger partial charge in [0.1, 0.15) is 0 Å². The summed E-state index contributed by atoms with van der Waals surface area (Å²) in [7, 11) is 0. The number of hydrogen-bond acceptors (Lipinski definition) is 0. The van der Waals surface area contributed by atoms with Crippen LogP contribution in [0, 0.1) is 35.5 Å². The Labute approximate surface area is 139 Å². The second-order valence-electron chi connectivity index (χ2n) is 9.06. The van der Waals surface area contributed by atoms with E-state index in [0.717, 1.165) is 35.5 Å². The van der Waals surface area contributed by atoms with Crippen LogP contribution in [0.1, 0.15) is 104 Å². The summed E-state index contributed by atoms with van der Waals surface area (Å²) in [5.74, 6) is 6.75. The molecule has 0 aromatic carbocycles. The Hall–Kier alpha value is 0. The van der Waals surface area contributed by atoms with E-state index < -0.39 is 0 Å². The first-order chi connectivity index (χ1) is 10.8. The molecule has 3 aliphatic rings. The van der Waals surface area contributed by atoms with Gasteiger partial charge >= 0.3 is 0 Å². The van der Waals surface area contributed by atoms with Crippen molar-refractivity contribution in [3.05, 3.63) is 0 Å². The number of rotatable bonds is 9. The zero-order chi connectivity index (χ0) is 15.4. The molecule has 128 valence electrons. The Morgan fingerprint density at radius 1 is 0.773 bits per heavy atom. The summed E-state index contributed by atoms with van der Waals surface area (Å²) in [6.45, 7) is 4.88. The van der Waals surface area contributed by atoms with Gasteiger partial charge in [-0.2, -0.15) is 0 Å².